The first-order valence-corrected chi connectivity index (χ1v) is 8.02. The highest BCUT2D eigenvalue weighted by molar-refractivity contribution is 5.98. The summed E-state index contributed by atoms with van der Waals surface area (Å²) in [5.41, 5.74) is -0.750. The Bertz CT molecular complexity index is 723. The number of aliphatic carboxylic acids is 1. The first kappa shape index (κ1) is 22.0. The number of carboxylic acids is 1. The first-order valence-electron chi connectivity index (χ1n) is 8.02. The van der Waals surface area contributed by atoms with Crippen molar-refractivity contribution in [1.82, 2.24) is 5.32 Å². The highest BCUT2D eigenvalue weighted by Crippen LogP contribution is 2.16. The van der Waals surface area contributed by atoms with E-state index in [1.54, 1.807) is 0 Å². The number of carboxylic acid groups (broad SMARTS) is 1. The molecular formula is C17H19F2NO7. The number of carbonyl (C=O) groups excluding carboxylic acids is 3. The maximum absolute atomic E-state index is 13.7. The Morgan fingerprint density at radius 1 is 1.11 bits per heavy atom. The van der Waals surface area contributed by atoms with Crippen molar-refractivity contribution >= 4 is 23.8 Å². The minimum absolute atomic E-state index is 0.00696. The third-order valence-electron chi connectivity index (χ3n) is 3.43. The number of rotatable bonds is 9. The molecule has 0 saturated heterocycles. The third-order valence-corrected chi connectivity index (χ3v) is 3.43. The largest absolute Gasteiger partial charge is 0.480 e. The molecule has 1 rings (SSSR count). The van der Waals surface area contributed by atoms with E-state index in [4.69, 9.17) is 9.47 Å². The summed E-state index contributed by atoms with van der Waals surface area (Å²) in [6, 6.07) is 0.855. The van der Waals surface area contributed by atoms with Crippen LogP contribution in [0.25, 0.3) is 0 Å². The fourth-order valence-corrected chi connectivity index (χ4v) is 2.22. The van der Waals surface area contributed by atoms with E-state index in [9.17, 15) is 33.1 Å². The number of benzene rings is 1. The van der Waals surface area contributed by atoms with Gasteiger partial charge in [-0.3, -0.25) is 14.4 Å². The van der Waals surface area contributed by atoms with Crippen LogP contribution < -0.4 is 5.32 Å². The van der Waals surface area contributed by atoms with Crippen LogP contribution in [-0.2, 0) is 23.9 Å². The lowest BCUT2D eigenvalue weighted by molar-refractivity contribution is -0.159. The molecule has 8 nitrogen and oxygen atoms in total. The standard InChI is InChI=1S/C17H19F2NO7/c1-3-26-12(21)8-10(17(25)27-4-2)14(16(23)24)20-15(22)9-6-5-7-11(18)13(9)19/h5-7,10,14H,3-4,8H2,1-2H3,(H,20,22)(H,23,24)/t10-,14+/m0/s1. The minimum atomic E-state index is -1.93. The lowest BCUT2D eigenvalue weighted by Crippen LogP contribution is -2.50. The number of amides is 1. The molecule has 2 N–H and O–H groups in total. The van der Waals surface area contributed by atoms with E-state index >= 15 is 0 Å². The smallest absolute Gasteiger partial charge is 0.327 e. The second kappa shape index (κ2) is 10.2. The number of esters is 2. The molecule has 1 aromatic rings. The molecule has 0 aliphatic heterocycles. The van der Waals surface area contributed by atoms with Crippen LogP contribution in [0.1, 0.15) is 30.6 Å². The van der Waals surface area contributed by atoms with Crippen molar-refractivity contribution < 1.29 is 42.5 Å². The van der Waals surface area contributed by atoms with Gasteiger partial charge in [-0.1, -0.05) is 6.07 Å². The van der Waals surface area contributed by atoms with E-state index < -0.39 is 59.4 Å². The van der Waals surface area contributed by atoms with E-state index in [1.807, 2.05) is 5.32 Å². The number of carbonyl (C=O) groups is 4. The van der Waals surface area contributed by atoms with Crippen LogP contribution in [0.15, 0.2) is 18.2 Å². The number of halogens is 2. The van der Waals surface area contributed by atoms with E-state index in [1.165, 1.54) is 13.8 Å². The zero-order valence-electron chi connectivity index (χ0n) is 14.7. The third kappa shape index (κ3) is 6.01. The predicted octanol–water partition coefficient (Wildman–Crippen LogP) is 1.28. The fraction of sp³-hybridized carbons (Fsp3) is 0.412. The van der Waals surface area contributed by atoms with E-state index in [0.29, 0.717) is 0 Å². The molecule has 27 heavy (non-hydrogen) atoms. The summed E-state index contributed by atoms with van der Waals surface area (Å²) in [7, 11) is 0. The number of hydrogen-bond acceptors (Lipinski definition) is 6. The minimum Gasteiger partial charge on any atom is -0.480 e. The molecule has 0 fully saturated rings. The van der Waals surface area contributed by atoms with Crippen LogP contribution in [0.3, 0.4) is 0 Å². The van der Waals surface area contributed by atoms with Gasteiger partial charge in [0.15, 0.2) is 11.6 Å². The monoisotopic (exact) mass is 387 g/mol. The van der Waals surface area contributed by atoms with Gasteiger partial charge in [0.05, 0.1) is 31.1 Å². The SMILES string of the molecule is CCOC(=O)C[C@H](C(=O)OCC)[C@@H](NC(=O)c1cccc(F)c1F)C(=O)O. The molecule has 1 amide bonds. The molecule has 0 bridgehead atoms. The van der Waals surface area contributed by atoms with Crippen molar-refractivity contribution in [2.24, 2.45) is 5.92 Å². The average molecular weight is 387 g/mol. The molecule has 0 saturated carbocycles. The molecule has 0 unspecified atom stereocenters. The van der Waals surface area contributed by atoms with Gasteiger partial charge < -0.3 is 19.9 Å². The second-order valence-electron chi connectivity index (χ2n) is 5.26. The molecule has 0 aliphatic carbocycles. The maximum Gasteiger partial charge on any atom is 0.327 e. The van der Waals surface area contributed by atoms with Crippen molar-refractivity contribution in [2.45, 2.75) is 26.3 Å². The van der Waals surface area contributed by atoms with Gasteiger partial charge in [0, 0.05) is 0 Å². The summed E-state index contributed by atoms with van der Waals surface area (Å²) in [6.45, 7) is 2.88. The van der Waals surface area contributed by atoms with E-state index in [0.717, 1.165) is 18.2 Å². The highest BCUT2D eigenvalue weighted by Gasteiger charge is 2.38. The number of hydrogen-bond donors (Lipinski definition) is 2. The lowest BCUT2D eigenvalue weighted by atomic mass is 9.95. The van der Waals surface area contributed by atoms with Crippen LogP contribution in [0.2, 0.25) is 0 Å². The molecule has 1 aromatic carbocycles. The summed E-state index contributed by atoms with van der Waals surface area (Å²) in [5.74, 6) is -9.27. The molecule has 0 aliphatic rings. The Labute approximate surface area is 153 Å². The van der Waals surface area contributed by atoms with Gasteiger partial charge in [-0.05, 0) is 26.0 Å². The first-order chi connectivity index (χ1) is 12.7. The highest BCUT2D eigenvalue weighted by atomic mass is 19.2. The van der Waals surface area contributed by atoms with Crippen molar-refractivity contribution in [2.75, 3.05) is 13.2 Å². The Hall–Kier alpha value is -3.04. The molecule has 0 spiro atoms. The van der Waals surface area contributed by atoms with Crippen molar-refractivity contribution in [3.8, 4) is 0 Å². The Morgan fingerprint density at radius 3 is 2.30 bits per heavy atom. The van der Waals surface area contributed by atoms with Gasteiger partial charge in [-0.25, -0.2) is 13.6 Å². The zero-order chi connectivity index (χ0) is 20.6. The van der Waals surface area contributed by atoms with E-state index in [2.05, 4.69) is 0 Å². The molecule has 2 atom stereocenters. The molecule has 10 heteroatoms. The van der Waals surface area contributed by atoms with E-state index in [-0.39, 0.29) is 13.2 Å². The van der Waals surface area contributed by atoms with Gasteiger partial charge in [-0.2, -0.15) is 0 Å². The summed E-state index contributed by atoms with van der Waals surface area (Å²) in [6.07, 6.45) is -0.685. The molecule has 0 heterocycles. The number of nitrogens with one attached hydrogen (secondary N) is 1. The predicted molar refractivity (Wildman–Crippen MR) is 86.6 cm³/mol. The van der Waals surface area contributed by atoms with Crippen LogP contribution in [0.5, 0.6) is 0 Å². The second-order valence-corrected chi connectivity index (χ2v) is 5.26. The molecule has 0 aromatic heterocycles. The average Bonchev–Trinajstić information content (AvgIpc) is 2.60. The Balaban J connectivity index is 3.14. The summed E-state index contributed by atoms with van der Waals surface area (Å²) in [4.78, 5) is 47.5. The fourth-order valence-electron chi connectivity index (χ4n) is 2.22. The Morgan fingerprint density at radius 2 is 1.74 bits per heavy atom. The maximum atomic E-state index is 13.7. The molecule has 0 radical (unpaired) electrons. The summed E-state index contributed by atoms with van der Waals surface area (Å²) < 4.78 is 36.5. The van der Waals surface area contributed by atoms with Crippen molar-refractivity contribution in [3.05, 3.63) is 35.4 Å². The summed E-state index contributed by atoms with van der Waals surface area (Å²) in [5, 5.41) is 11.3. The van der Waals surface area contributed by atoms with Gasteiger partial charge >= 0.3 is 17.9 Å². The quantitative estimate of drug-likeness (QED) is 0.613. The van der Waals surface area contributed by atoms with Gasteiger partial charge in [0.25, 0.3) is 5.91 Å². The van der Waals surface area contributed by atoms with Gasteiger partial charge in [0.2, 0.25) is 0 Å². The van der Waals surface area contributed by atoms with Crippen LogP contribution in [0, 0.1) is 17.6 Å². The van der Waals surface area contributed by atoms with Crippen molar-refractivity contribution in [1.29, 1.82) is 0 Å². The van der Waals surface area contributed by atoms with Gasteiger partial charge in [-0.15, -0.1) is 0 Å². The number of ether oxygens (including phenoxy) is 2. The van der Waals surface area contributed by atoms with Crippen LogP contribution >= 0.6 is 0 Å². The van der Waals surface area contributed by atoms with Gasteiger partial charge in [0.1, 0.15) is 6.04 Å². The van der Waals surface area contributed by atoms with Crippen LogP contribution in [-0.4, -0.2) is 48.2 Å². The molecule has 148 valence electrons. The summed E-state index contributed by atoms with van der Waals surface area (Å²) >= 11 is 0. The normalized spacial score (nSPS) is 12.6. The topological polar surface area (TPSA) is 119 Å². The van der Waals surface area contributed by atoms with Crippen LogP contribution in [0.4, 0.5) is 8.78 Å². The Kier molecular flexibility index (Phi) is 8.31. The van der Waals surface area contributed by atoms with Crippen molar-refractivity contribution in [3.63, 3.8) is 0 Å². The molecular weight excluding hydrogens is 368 g/mol. The zero-order valence-corrected chi connectivity index (χ0v) is 14.7. The lowest BCUT2D eigenvalue weighted by Gasteiger charge is -2.23.